The van der Waals surface area contributed by atoms with E-state index in [2.05, 4.69) is 36.3 Å². The fourth-order valence-electron chi connectivity index (χ4n) is 2.28. The van der Waals surface area contributed by atoms with Crippen LogP contribution in [0.4, 0.5) is 0 Å². The summed E-state index contributed by atoms with van der Waals surface area (Å²) in [4.78, 5) is 14.0. The number of nitrogens with one attached hydrogen (secondary N) is 2. The van der Waals surface area contributed by atoms with Gasteiger partial charge in [-0.3, -0.25) is 9.69 Å². The first-order chi connectivity index (χ1) is 8.13. The zero-order valence-electron chi connectivity index (χ0n) is 11.5. The van der Waals surface area contributed by atoms with Crippen LogP contribution in [0.3, 0.4) is 0 Å². The molecule has 2 N–H and O–H groups in total. The summed E-state index contributed by atoms with van der Waals surface area (Å²) < 4.78 is 0. The molecule has 0 aromatic rings. The van der Waals surface area contributed by atoms with Gasteiger partial charge in [-0.15, -0.1) is 0 Å². The smallest absolute Gasteiger partial charge is 0.233 e. The largest absolute Gasteiger partial charge is 0.355 e. The second-order valence-electron chi connectivity index (χ2n) is 5.25. The number of hydrogen-bond donors (Lipinski definition) is 2. The van der Waals surface area contributed by atoms with Crippen molar-refractivity contribution in [3.8, 4) is 0 Å². The van der Waals surface area contributed by atoms with Crippen LogP contribution >= 0.6 is 0 Å². The van der Waals surface area contributed by atoms with Gasteiger partial charge >= 0.3 is 0 Å². The van der Waals surface area contributed by atoms with E-state index < -0.39 is 0 Å². The third-order valence-electron chi connectivity index (χ3n) is 3.28. The van der Waals surface area contributed by atoms with Gasteiger partial charge in [-0.05, 0) is 31.8 Å². The molecule has 1 rings (SSSR count). The summed E-state index contributed by atoms with van der Waals surface area (Å²) in [7, 11) is 0. The van der Waals surface area contributed by atoms with E-state index in [-0.39, 0.29) is 5.91 Å². The summed E-state index contributed by atoms with van der Waals surface area (Å²) in [6.45, 7) is 10.9. The summed E-state index contributed by atoms with van der Waals surface area (Å²) in [5, 5.41) is 6.18. The summed E-state index contributed by atoms with van der Waals surface area (Å²) >= 11 is 0. The zero-order chi connectivity index (χ0) is 12.7. The molecule has 0 aliphatic carbocycles. The average molecular weight is 241 g/mol. The van der Waals surface area contributed by atoms with Crippen LogP contribution < -0.4 is 10.6 Å². The minimum Gasteiger partial charge on any atom is -0.355 e. The third kappa shape index (κ3) is 5.50. The molecular formula is C13H27N3O. The van der Waals surface area contributed by atoms with Crippen molar-refractivity contribution in [1.29, 1.82) is 0 Å². The highest BCUT2D eigenvalue weighted by molar-refractivity contribution is 5.77. The van der Waals surface area contributed by atoms with Crippen molar-refractivity contribution in [3.63, 3.8) is 0 Å². The lowest BCUT2D eigenvalue weighted by atomic mass is 10.2. The zero-order valence-corrected chi connectivity index (χ0v) is 11.5. The van der Waals surface area contributed by atoms with Crippen LogP contribution in [0.25, 0.3) is 0 Å². The van der Waals surface area contributed by atoms with Gasteiger partial charge in [0.25, 0.3) is 0 Å². The molecule has 0 aromatic carbocycles. The van der Waals surface area contributed by atoms with E-state index in [0.29, 0.717) is 18.5 Å². The van der Waals surface area contributed by atoms with Crippen LogP contribution in [-0.2, 0) is 4.79 Å². The van der Waals surface area contributed by atoms with E-state index >= 15 is 0 Å². The van der Waals surface area contributed by atoms with Gasteiger partial charge in [0.1, 0.15) is 0 Å². The minimum absolute atomic E-state index is 0.111. The molecule has 1 fully saturated rings. The highest BCUT2D eigenvalue weighted by Gasteiger charge is 2.22. The molecule has 17 heavy (non-hydrogen) atoms. The Balaban J connectivity index is 2.08. The molecule has 1 aliphatic rings. The number of rotatable bonds is 7. The molecule has 100 valence electrons. The predicted molar refractivity (Wildman–Crippen MR) is 71.0 cm³/mol. The van der Waals surface area contributed by atoms with Crippen LogP contribution in [-0.4, -0.2) is 49.6 Å². The number of carbonyl (C=O) groups excluding carboxylic acids is 1. The molecule has 0 spiro atoms. The summed E-state index contributed by atoms with van der Waals surface area (Å²) in [6.07, 6.45) is 2.55. The van der Waals surface area contributed by atoms with E-state index in [1.165, 1.54) is 19.4 Å². The standard InChI is InChI=1S/C13H27N3O/c1-4-16-7-5-6-12(16)9-14-10-13(17)15-8-11(2)3/h11-12,14H,4-10H2,1-3H3,(H,15,17). The van der Waals surface area contributed by atoms with E-state index in [4.69, 9.17) is 0 Å². The van der Waals surface area contributed by atoms with Crippen molar-refractivity contribution in [2.24, 2.45) is 5.92 Å². The summed E-state index contributed by atoms with van der Waals surface area (Å²) in [5.74, 6) is 0.629. The van der Waals surface area contributed by atoms with E-state index in [0.717, 1.165) is 19.6 Å². The van der Waals surface area contributed by atoms with Crippen molar-refractivity contribution in [2.45, 2.75) is 39.7 Å². The van der Waals surface area contributed by atoms with Crippen molar-refractivity contribution >= 4 is 5.91 Å². The first-order valence-corrected chi connectivity index (χ1v) is 6.85. The maximum atomic E-state index is 11.5. The molecule has 1 unspecified atom stereocenters. The lowest BCUT2D eigenvalue weighted by Gasteiger charge is -2.22. The lowest BCUT2D eigenvalue weighted by Crippen LogP contribution is -2.42. The second kappa shape index (κ2) is 7.67. The lowest BCUT2D eigenvalue weighted by molar-refractivity contribution is -0.120. The number of carbonyl (C=O) groups is 1. The molecule has 0 saturated carbocycles. The SMILES string of the molecule is CCN1CCCC1CNCC(=O)NCC(C)C. The molecule has 1 saturated heterocycles. The molecule has 0 aromatic heterocycles. The van der Waals surface area contributed by atoms with Gasteiger partial charge in [-0.25, -0.2) is 0 Å². The van der Waals surface area contributed by atoms with E-state index in [1.807, 2.05) is 0 Å². The van der Waals surface area contributed by atoms with Crippen LogP contribution in [0.1, 0.15) is 33.6 Å². The topological polar surface area (TPSA) is 44.4 Å². The Hall–Kier alpha value is -0.610. The van der Waals surface area contributed by atoms with Gasteiger partial charge < -0.3 is 10.6 Å². The summed E-state index contributed by atoms with van der Waals surface area (Å²) in [6, 6.07) is 0.623. The van der Waals surface area contributed by atoms with Gasteiger partial charge in [0.15, 0.2) is 0 Å². The average Bonchev–Trinajstić information content (AvgIpc) is 2.74. The Bertz CT molecular complexity index is 231. The van der Waals surface area contributed by atoms with Crippen molar-refractivity contribution in [2.75, 3.05) is 32.7 Å². The number of likely N-dealkylation sites (N-methyl/N-ethyl adjacent to an activating group) is 1. The molecule has 1 heterocycles. The van der Waals surface area contributed by atoms with Crippen molar-refractivity contribution in [1.82, 2.24) is 15.5 Å². The quantitative estimate of drug-likeness (QED) is 0.694. The second-order valence-corrected chi connectivity index (χ2v) is 5.25. The van der Waals surface area contributed by atoms with E-state index in [9.17, 15) is 4.79 Å². The van der Waals surface area contributed by atoms with Crippen LogP contribution in [0.15, 0.2) is 0 Å². The Morgan fingerprint density at radius 1 is 1.47 bits per heavy atom. The normalized spacial score (nSPS) is 21.1. The third-order valence-corrected chi connectivity index (χ3v) is 3.28. The number of amides is 1. The number of likely N-dealkylation sites (tertiary alicyclic amines) is 1. The van der Waals surface area contributed by atoms with Crippen LogP contribution in [0.5, 0.6) is 0 Å². The minimum atomic E-state index is 0.111. The Morgan fingerprint density at radius 2 is 2.24 bits per heavy atom. The highest BCUT2D eigenvalue weighted by Crippen LogP contribution is 2.15. The molecule has 4 nitrogen and oxygen atoms in total. The van der Waals surface area contributed by atoms with Crippen molar-refractivity contribution in [3.05, 3.63) is 0 Å². The molecule has 4 heteroatoms. The first kappa shape index (κ1) is 14.5. The summed E-state index contributed by atoms with van der Waals surface area (Å²) in [5.41, 5.74) is 0. The Kier molecular flexibility index (Phi) is 6.52. The highest BCUT2D eigenvalue weighted by atomic mass is 16.1. The fraction of sp³-hybridized carbons (Fsp3) is 0.923. The van der Waals surface area contributed by atoms with Gasteiger partial charge in [0.2, 0.25) is 5.91 Å². The number of nitrogens with zero attached hydrogens (tertiary/aromatic N) is 1. The van der Waals surface area contributed by atoms with Gasteiger partial charge in [-0.1, -0.05) is 20.8 Å². The first-order valence-electron chi connectivity index (χ1n) is 6.85. The van der Waals surface area contributed by atoms with E-state index in [1.54, 1.807) is 0 Å². The maximum Gasteiger partial charge on any atom is 0.233 e. The monoisotopic (exact) mass is 241 g/mol. The predicted octanol–water partition coefficient (Wildman–Crippen LogP) is 0.833. The molecule has 1 amide bonds. The van der Waals surface area contributed by atoms with Crippen molar-refractivity contribution < 1.29 is 4.79 Å². The van der Waals surface area contributed by atoms with Gasteiger partial charge in [0.05, 0.1) is 6.54 Å². The molecule has 0 bridgehead atoms. The molecule has 1 aliphatic heterocycles. The molecular weight excluding hydrogens is 214 g/mol. The van der Waals surface area contributed by atoms with Crippen LogP contribution in [0.2, 0.25) is 0 Å². The maximum absolute atomic E-state index is 11.5. The number of hydrogen-bond acceptors (Lipinski definition) is 3. The van der Waals surface area contributed by atoms with Gasteiger partial charge in [0, 0.05) is 19.1 Å². The van der Waals surface area contributed by atoms with Gasteiger partial charge in [-0.2, -0.15) is 0 Å². The Morgan fingerprint density at radius 3 is 2.88 bits per heavy atom. The Labute approximate surface area is 105 Å². The molecule has 0 radical (unpaired) electrons. The molecule has 1 atom stereocenters. The van der Waals surface area contributed by atoms with Crippen LogP contribution in [0, 0.1) is 5.92 Å². The fourth-order valence-corrected chi connectivity index (χ4v) is 2.28.